The molecule has 0 aliphatic heterocycles. The Bertz CT molecular complexity index is 637. The zero-order chi connectivity index (χ0) is 14.7. The molecule has 0 spiro atoms. The van der Waals surface area contributed by atoms with Gasteiger partial charge in [-0.25, -0.2) is 0 Å². The lowest BCUT2D eigenvalue weighted by Crippen LogP contribution is -2.25. The highest BCUT2D eigenvalue weighted by Crippen LogP contribution is 2.18. The minimum atomic E-state index is -0.450. The van der Waals surface area contributed by atoms with Crippen molar-refractivity contribution in [2.75, 3.05) is 7.05 Å². The lowest BCUT2D eigenvalue weighted by Gasteiger charge is -2.16. The zero-order valence-corrected chi connectivity index (χ0v) is 13.8. The minimum Gasteiger partial charge on any atom is -0.366 e. The van der Waals surface area contributed by atoms with Gasteiger partial charge in [-0.05, 0) is 46.4 Å². The largest absolute Gasteiger partial charge is 0.366 e. The van der Waals surface area contributed by atoms with Crippen LogP contribution >= 0.6 is 33.9 Å². The van der Waals surface area contributed by atoms with E-state index < -0.39 is 5.91 Å². The Hall–Kier alpha value is -1.41. The average Bonchev–Trinajstić information content (AvgIpc) is 2.85. The van der Waals surface area contributed by atoms with Gasteiger partial charge in [0.15, 0.2) is 0 Å². The van der Waals surface area contributed by atoms with Crippen molar-refractivity contribution >= 4 is 45.7 Å². The standard InChI is InChI=1S/C14H13IN2O2S/c1-17(14(19)11-6-12(15)20-8-11)7-9-2-4-10(5-3-9)13(16)18/h2-6,8H,7H2,1H3,(H2,16,18). The number of carbonyl (C=O) groups is 2. The molecule has 2 amide bonds. The fourth-order valence-electron chi connectivity index (χ4n) is 1.76. The molecule has 2 aromatic rings. The van der Waals surface area contributed by atoms with Crippen LogP contribution < -0.4 is 5.73 Å². The molecule has 0 fully saturated rings. The van der Waals surface area contributed by atoms with E-state index in [1.807, 2.05) is 11.4 Å². The molecule has 6 heteroatoms. The maximum absolute atomic E-state index is 12.2. The smallest absolute Gasteiger partial charge is 0.254 e. The number of thiophene rings is 1. The van der Waals surface area contributed by atoms with E-state index in [2.05, 4.69) is 22.6 Å². The minimum absolute atomic E-state index is 0.0110. The fourth-order valence-corrected chi connectivity index (χ4v) is 3.08. The van der Waals surface area contributed by atoms with Gasteiger partial charge in [-0.1, -0.05) is 12.1 Å². The van der Waals surface area contributed by atoms with Gasteiger partial charge in [0.2, 0.25) is 5.91 Å². The van der Waals surface area contributed by atoms with Gasteiger partial charge in [0, 0.05) is 24.5 Å². The summed E-state index contributed by atoms with van der Waals surface area (Å²) < 4.78 is 1.09. The molecule has 1 heterocycles. The summed E-state index contributed by atoms with van der Waals surface area (Å²) in [6.07, 6.45) is 0. The Morgan fingerprint density at radius 3 is 2.40 bits per heavy atom. The number of benzene rings is 1. The highest BCUT2D eigenvalue weighted by molar-refractivity contribution is 14.1. The van der Waals surface area contributed by atoms with Crippen molar-refractivity contribution in [1.82, 2.24) is 4.90 Å². The van der Waals surface area contributed by atoms with E-state index in [9.17, 15) is 9.59 Å². The monoisotopic (exact) mass is 400 g/mol. The molecule has 20 heavy (non-hydrogen) atoms. The number of nitrogens with two attached hydrogens (primary N) is 1. The molecule has 1 aromatic carbocycles. The van der Waals surface area contributed by atoms with Crippen molar-refractivity contribution in [2.24, 2.45) is 5.73 Å². The molecule has 0 atom stereocenters. The van der Waals surface area contributed by atoms with Gasteiger partial charge in [-0.15, -0.1) is 11.3 Å². The SMILES string of the molecule is CN(Cc1ccc(C(N)=O)cc1)C(=O)c1csc(I)c1. The highest BCUT2D eigenvalue weighted by atomic mass is 127. The summed E-state index contributed by atoms with van der Waals surface area (Å²) in [5.41, 5.74) is 7.32. The van der Waals surface area contributed by atoms with Crippen molar-refractivity contribution in [3.8, 4) is 0 Å². The molecule has 104 valence electrons. The summed E-state index contributed by atoms with van der Waals surface area (Å²) in [6.45, 7) is 0.490. The van der Waals surface area contributed by atoms with E-state index >= 15 is 0 Å². The number of hydrogen-bond donors (Lipinski definition) is 1. The van der Waals surface area contributed by atoms with Gasteiger partial charge in [0.05, 0.1) is 8.45 Å². The second kappa shape index (κ2) is 6.36. The van der Waals surface area contributed by atoms with Crippen LogP contribution in [0, 0.1) is 2.88 Å². The molecule has 0 radical (unpaired) electrons. The summed E-state index contributed by atoms with van der Waals surface area (Å²) in [7, 11) is 1.76. The van der Waals surface area contributed by atoms with Crippen LogP contribution in [0.15, 0.2) is 35.7 Å². The van der Waals surface area contributed by atoms with Crippen LogP contribution in [0.3, 0.4) is 0 Å². The molecular formula is C14H13IN2O2S. The number of primary amides is 1. The summed E-state index contributed by atoms with van der Waals surface area (Å²) in [5.74, 6) is -0.461. The molecule has 0 aliphatic carbocycles. The van der Waals surface area contributed by atoms with Gasteiger partial charge in [0.25, 0.3) is 5.91 Å². The third kappa shape index (κ3) is 3.57. The molecule has 2 rings (SSSR count). The van der Waals surface area contributed by atoms with E-state index in [1.54, 1.807) is 47.5 Å². The summed E-state index contributed by atoms with van der Waals surface area (Å²) in [6, 6.07) is 8.83. The third-order valence-corrected chi connectivity index (χ3v) is 4.61. The van der Waals surface area contributed by atoms with E-state index in [0.717, 1.165) is 8.45 Å². The van der Waals surface area contributed by atoms with E-state index in [-0.39, 0.29) is 5.91 Å². The summed E-state index contributed by atoms with van der Waals surface area (Å²) in [5, 5.41) is 1.86. The van der Waals surface area contributed by atoms with Crippen LogP contribution in [0.5, 0.6) is 0 Å². The maximum Gasteiger partial charge on any atom is 0.254 e. The van der Waals surface area contributed by atoms with E-state index in [1.165, 1.54) is 0 Å². The average molecular weight is 400 g/mol. The van der Waals surface area contributed by atoms with Crippen molar-refractivity contribution < 1.29 is 9.59 Å². The number of halogens is 1. The van der Waals surface area contributed by atoms with Gasteiger partial charge in [-0.2, -0.15) is 0 Å². The Labute approximate surface area is 134 Å². The Morgan fingerprint density at radius 1 is 1.25 bits per heavy atom. The van der Waals surface area contributed by atoms with Crippen molar-refractivity contribution in [3.63, 3.8) is 0 Å². The van der Waals surface area contributed by atoms with E-state index in [0.29, 0.717) is 17.7 Å². The number of amides is 2. The lowest BCUT2D eigenvalue weighted by atomic mass is 10.1. The summed E-state index contributed by atoms with van der Waals surface area (Å²) >= 11 is 3.74. The first-order valence-corrected chi connectivity index (χ1v) is 7.81. The zero-order valence-electron chi connectivity index (χ0n) is 10.8. The second-order valence-electron chi connectivity index (χ2n) is 4.36. The predicted octanol–water partition coefficient (Wildman–Crippen LogP) is 2.72. The Balaban J connectivity index is 2.05. The van der Waals surface area contributed by atoms with Crippen LogP contribution in [0.2, 0.25) is 0 Å². The fraction of sp³-hybridized carbons (Fsp3) is 0.143. The van der Waals surface area contributed by atoms with Crippen LogP contribution in [-0.2, 0) is 6.54 Å². The van der Waals surface area contributed by atoms with E-state index in [4.69, 9.17) is 5.73 Å². The summed E-state index contributed by atoms with van der Waals surface area (Å²) in [4.78, 5) is 24.8. The van der Waals surface area contributed by atoms with Crippen molar-refractivity contribution in [3.05, 3.63) is 55.3 Å². The molecular weight excluding hydrogens is 387 g/mol. The second-order valence-corrected chi connectivity index (χ2v) is 7.17. The first-order valence-electron chi connectivity index (χ1n) is 5.85. The molecule has 0 saturated heterocycles. The molecule has 2 N–H and O–H groups in total. The van der Waals surface area contributed by atoms with Crippen LogP contribution in [0.25, 0.3) is 0 Å². The lowest BCUT2D eigenvalue weighted by molar-refractivity contribution is 0.0785. The molecule has 0 saturated carbocycles. The molecule has 1 aromatic heterocycles. The van der Waals surface area contributed by atoms with Crippen LogP contribution in [-0.4, -0.2) is 23.8 Å². The predicted molar refractivity (Wildman–Crippen MR) is 87.8 cm³/mol. The number of nitrogens with zero attached hydrogens (tertiary/aromatic N) is 1. The molecule has 0 unspecified atom stereocenters. The number of rotatable bonds is 4. The van der Waals surface area contributed by atoms with Gasteiger partial charge in [-0.3, -0.25) is 9.59 Å². The maximum atomic E-state index is 12.2. The molecule has 0 aliphatic rings. The Kier molecular flexibility index (Phi) is 4.77. The van der Waals surface area contributed by atoms with Crippen LogP contribution in [0.1, 0.15) is 26.3 Å². The number of carbonyl (C=O) groups excluding carboxylic acids is 2. The van der Waals surface area contributed by atoms with Crippen molar-refractivity contribution in [2.45, 2.75) is 6.54 Å². The third-order valence-electron chi connectivity index (χ3n) is 2.82. The van der Waals surface area contributed by atoms with Gasteiger partial charge in [0.1, 0.15) is 0 Å². The first-order chi connectivity index (χ1) is 9.47. The first kappa shape index (κ1) is 15.0. The number of hydrogen-bond acceptors (Lipinski definition) is 3. The van der Waals surface area contributed by atoms with Gasteiger partial charge >= 0.3 is 0 Å². The topological polar surface area (TPSA) is 63.4 Å². The van der Waals surface area contributed by atoms with Gasteiger partial charge < -0.3 is 10.6 Å². The quantitative estimate of drug-likeness (QED) is 0.803. The molecule has 4 nitrogen and oxygen atoms in total. The Morgan fingerprint density at radius 2 is 1.90 bits per heavy atom. The highest BCUT2D eigenvalue weighted by Gasteiger charge is 2.13. The normalized spacial score (nSPS) is 10.3. The van der Waals surface area contributed by atoms with Crippen LogP contribution in [0.4, 0.5) is 0 Å². The molecule has 0 bridgehead atoms. The van der Waals surface area contributed by atoms with Crippen molar-refractivity contribution in [1.29, 1.82) is 0 Å².